The molecule has 3 N–H and O–H groups in total. The van der Waals surface area contributed by atoms with Crippen LogP contribution in [0.4, 0.5) is 5.69 Å². The van der Waals surface area contributed by atoms with Crippen LogP contribution < -0.4 is 5.32 Å². The Hall–Kier alpha value is -1.43. The van der Waals surface area contributed by atoms with E-state index in [1.54, 1.807) is 0 Å². The van der Waals surface area contributed by atoms with Gasteiger partial charge in [0.25, 0.3) is 0 Å². The normalized spacial score (nSPS) is 22.5. The van der Waals surface area contributed by atoms with Crippen molar-refractivity contribution in [2.45, 2.75) is 32.3 Å². The molecule has 1 saturated heterocycles. The van der Waals surface area contributed by atoms with E-state index in [4.69, 9.17) is 5.11 Å². The molecule has 0 aliphatic carbocycles. The van der Waals surface area contributed by atoms with Gasteiger partial charge in [-0.25, -0.2) is 0 Å². The zero-order chi connectivity index (χ0) is 15.5. The molecule has 1 heterocycles. The smallest absolute Gasteiger partial charge is 0.225 e. The molecule has 0 saturated carbocycles. The molecule has 1 aliphatic rings. The van der Waals surface area contributed by atoms with Gasteiger partial charge in [0.1, 0.15) is 5.60 Å². The van der Waals surface area contributed by atoms with Gasteiger partial charge in [0.15, 0.2) is 0 Å². The fourth-order valence-corrected chi connectivity index (χ4v) is 2.62. The van der Waals surface area contributed by atoms with Crippen LogP contribution in [0, 0.1) is 13.8 Å². The highest BCUT2D eigenvalue weighted by atomic mass is 16.3. The van der Waals surface area contributed by atoms with Crippen molar-refractivity contribution >= 4 is 11.6 Å². The number of anilines is 1. The molecule has 21 heavy (non-hydrogen) atoms. The molecule has 1 aliphatic heterocycles. The third-order valence-corrected chi connectivity index (χ3v) is 4.24. The van der Waals surface area contributed by atoms with Gasteiger partial charge in [-0.05, 0) is 37.5 Å². The lowest BCUT2D eigenvalue weighted by Gasteiger charge is -2.20. The number of carbonyl (C=O) groups excluding carboxylic acids is 1. The Morgan fingerprint density at radius 2 is 2.19 bits per heavy atom. The highest BCUT2D eigenvalue weighted by Crippen LogP contribution is 2.21. The number of aliphatic hydroxyl groups is 2. The first-order valence-electron chi connectivity index (χ1n) is 7.35. The highest BCUT2D eigenvalue weighted by molar-refractivity contribution is 5.91. The lowest BCUT2D eigenvalue weighted by molar-refractivity contribution is -0.116. The molecular formula is C16H24N2O3. The summed E-state index contributed by atoms with van der Waals surface area (Å²) in [6.45, 7) is 5.53. The average molecular weight is 292 g/mol. The number of benzene rings is 1. The molecule has 0 aromatic heterocycles. The number of amides is 1. The van der Waals surface area contributed by atoms with E-state index in [2.05, 4.69) is 5.32 Å². The molecule has 1 amide bonds. The number of aryl methyl sites for hydroxylation is 1. The van der Waals surface area contributed by atoms with E-state index in [1.807, 2.05) is 36.9 Å². The number of nitrogens with one attached hydrogen (secondary N) is 1. The minimum atomic E-state index is -0.996. The minimum absolute atomic E-state index is 0.0249. The molecule has 0 spiro atoms. The maximum Gasteiger partial charge on any atom is 0.225 e. The maximum atomic E-state index is 12.0. The SMILES string of the molecule is Cc1cccc(NC(=O)CCN2CCC(O)(CO)C2)c1C. The summed E-state index contributed by atoms with van der Waals surface area (Å²) >= 11 is 0. The summed E-state index contributed by atoms with van der Waals surface area (Å²) in [5.74, 6) is -0.0249. The first-order valence-corrected chi connectivity index (χ1v) is 7.35. The number of likely N-dealkylation sites (tertiary alicyclic amines) is 1. The predicted molar refractivity (Wildman–Crippen MR) is 82.3 cm³/mol. The second kappa shape index (κ2) is 6.56. The standard InChI is InChI=1S/C16H24N2O3/c1-12-4-3-5-14(13(12)2)17-15(20)6-8-18-9-7-16(21,10-18)11-19/h3-5,19,21H,6-11H2,1-2H3,(H,17,20). The number of hydrogen-bond acceptors (Lipinski definition) is 4. The largest absolute Gasteiger partial charge is 0.393 e. The quantitative estimate of drug-likeness (QED) is 0.759. The van der Waals surface area contributed by atoms with Gasteiger partial charge in [-0.15, -0.1) is 0 Å². The summed E-state index contributed by atoms with van der Waals surface area (Å²) in [5.41, 5.74) is 2.10. The summed E-state index contributed by atoms with van der Waals surface area (Å²) in [6, 6.07) is 5.85. The predicted octanol–water partition coefficient (Wildman–Crippen LogP) is 1.06. The van der Waals surface area contributed by atoms with Gasteiger partial charge in [0.05, 0.1) is 6.61 Å². The fourth-order valence-electron chi connectivity index (χ4n) is 2.62. The van der Waals surface area contributed by atoms with Gasteiger partial charge >= 0.3 is 0 Å². The van der Waals surface area contributed by atoms with Crippen LogP contribution >= 0.6 is 0 Å². The molecule has 1 unspecified atom stereocenters. The molecule has 1 atom stereocenters. The van der Waals surface area contributed by atoms with E-state index in [0.29, 0.717) is 32.5 Å². The van der Waals surface area contributed by atoms with Crippen LogP contribution in [0.3, 0.4) is 0 Å². The van der Waals surface area contributed by atoms with Crippen LogP contribution in [0.25, 0.3) is 0 Å². The Morgan fingerprint density at radius 1 is 1.43 bits per heavy atom. The molecule has 1 aromatic carbocycles. The number of β-amino-alcohol motifs (C(OH)–C–C–N with tert-alkyl or cyclic N) is 1. The Bertz CT molecular complexity index is 518. The second-order valence-electron chi connectivity index (χ2n) is 5.95. The fraction of sp³-hybridized carbons (Fsp3) is 0.562. The van der Waals surface area contributed by atoms with Crippen LogP contribution in [0.2, 0.25) is 0 Å². The van der Waals surface area contributed by atoms with Gasteiger partial charge < -0.3 is 15.5 Å². The molecule has 1 aromatic rings. The second-order valence-corrected chi connectivity index (χ2v) is 5.95. The zero-order valence-corrected chi connectivity index (χ0v) is 12.7. The summed E-state index contributed by atoms with van der Waals surface area (Å²) in [7, 11) is 0. The van der Waals surface area contributed by atoms with Crippen molar-refractivity contribution < 1.29 is 15.0 Å². The van der Waals surface area contributed by atoms with Crippen molar-refractivity contribution in [3.05, 3.63) is 29.3 Å². The number of carbonyl (C=O) groups is 1. The number of rotatable bonds is 5. The van der Waals surface area contributed by atoms with E-state index < -0.39 is 5.60 Å². The van der Waals surface area contributed by atoms with Crippen LogP contribution in [-0.4, -0.2) is 52.9 Å². The molecule has 0 radical (unpaired) electrons. The Morgan fingerprint density at radius 3 is 2.86 bits per heavy atom. The van der Waals surface area contributed by atoms with E-state index in [0.717, 1.165) is 16.8 Å². The molecule has 1 fully saturated rings. The van der Waals surface area contributed by atoms with Crippen molar-refractivity contribution in [1.82, 2.24) is 4.90 Å². The van der Waals surface area contributed by atoms with Gasteiger partial charge in [-0.1, -0.05) is 12.1 Å². The first kappa shape index (κ1) is 15.9. The Balaban J connectivity index is 1.82. The van der Waals surface area contributed by atoms with Crippen molar-refractivity contribution in [2.24, 2.45) is 0 Å². The third kappa shape index (κ3) is 4.03. The lowest BCUT2D eigenvalue weighted by Crippen LogP contribution is -2.37. The van der Waals surface area contributed by atoms with E-state index >= 15 is 0 Å². The Labute approximate surface area is 125 Å². The van der Waals surface area contributed by atoms with E-state index in [-0.39, 0.29) is 12.5 Å². The molecule has 5 heteroatoms. The van der Waals surface area contributed by atoms with Crippen LogP contribution in [0.15, 0.2) is 18.2 Å². The molecule has 2 rings (SSSR count). The van der Waals surface area contributed by atoms with Gasteiger partial charge in [0.2, 0.25) is 5.91 Å². The Kier molecular flexibility index (Phi) is 4.98. The number of nitrogens with zero attached hydrogens (tertiary/aromatic N) is 1. The summed E-state index contributed by atoms with van der Waals surface area (Å²) < 4.78 is 0. The lowest BCUT2D eigenvalue weighted by atomic mass is 10.1. The number of hydrogen-bond donors (Lipinski definition) is 3. The topological polar surface area (TPSA) is 72.8 Å². The van der Waals surface area contributed by atoms with Gasteiger partial charge in [-0.3, -0.25) is 9.69 Å². The highest BCUT2D eigenvalue weighted by Gasteiger charge is 2.35. The van der Waals surface area contributed by atoms with E-state index in [9.17, 15) is 9.90 Å². The van der Waals surface area contributed by atoms with Crippen LogP contribution in [-0.2, 0) is 4.79 Å². The van der Waals surface area contributed by atoms with E-state index in [1.165, 1.54) is 0 Å². The average Bonchev–Trinajstić information content (AvgIpc) is 2.84. The first-order chi connectivity index (χ1) is 9.93. The van der Waals surface area contributed by atoms with Crippen molar-refractivity contribution in [2.75, 3.05) is 31.6 Å². The zero-order valence-electron chi connectivity index (χ0n) is 12.7. The van der Waals surface area contributed by atoms with Crippen LogP contribution in [0.1, 0.15) is 24.0 Å². The summed E-state index contributed by atoms with van der Waals surface area (Å²) in [6.07, 6.45) is 0.941. The molecule has 0 bridgehead atoms. The minimum Gasteiger partial charge on any atom is -0.393 e. The van der Waals surface area contributed by atoms with Crippen molar-refractivity contribution in [1.29, 1.82) is 0 Å². The van der Waals surface area contributed by atoms with Crippen molar-refractivity contribution in [3.63, 3.8) is 0 Å². The third-order valence-electron chi connectivity index (χ3n) is 4.24. The molecular weight excluding hydrogens is 268 g/mol. The van der Waals surface area contributed by atoms with Crippen LogP contribution in [0.5, 0.6) is 0 Å². The monoisotopic (exact) mass is 292 g/mol. The summed E-state index contributed by atoms with van der Waals surface area (Å²) in [5, 5.41) is 22.0. The summed E-state index contributed by atoms with van der Waals surface area (Å²) in [4.78, 5) is 14.0. The number of aliphatic hydroxyl groups excluding tert-OH is 1. The van der Waals surface area contributed by atoms with Gasteiger partial charge in [-0.2, -0.15) is 0 Å². The molecule has 116 valence electrons. The van der Waals surface area contributed by atoms with Gasteiger partial charge in [0, 0.05) is 31.7 Å². The molecule has 5 nitrogen and oxygen atoms in total. The van der Waals surface area contributed by atoms with Crippen molar-refractivity contribution in [3.8, 4) is 0 Å². The maximum absolute atomic E-state index is 12.0.